The van der Waals surface area contributed by atoms with Crippen LogP contribution >= 0.6 is 0 Å². The van der Waals surface area contributed by atoms with E-state index in [9.17, 15) is 13.2 Å². The average molecular weight is 367 g/mol. The maximum atomic E-state index is 12.7. The first-order valence-corrected chi connectivity index (χ1v) is 8.62. The number of ether oxygens (including phenoxy) is 1. The molecule has 1 unspecified atom stereocenters. The molecule has 1 heterocycles. The first kappa shape index (κ1) is 20.1. The zero-order chi connectivity index (χ0) is 19.0. The monoisotopic (exact) mass is 367 g/mol. The number of guanidine groups is 1. The SMILES string of the molecule is CCNC(=NCC#Cc1cccc(C(F)(F)F)c1)N1CCC(COC)C1. The summed E-state index contributed by atoms with van der Waals surface area (Å²) in [6.07, 6.45) is -3.31. The number of nitrogens with one attached hydrogen (secondary N) is 1. The third-order valence-corrected chi connectivity index (χ3v) is 4.05. The van der Waals surface area contributed by atoms with E-state index < -0.39 is 11.7 Å². The van der Waals surface area contributed by atoms with E-state index in [1.165, 1.54) is 6.07 Å². The van der Waals surface area contributed by atoms with Crippen LogP contribution in [-0.2, 0) is 10.9 Å². The summed E-state index contributed by atoms with van der Waals surface area (Å²) in [6, 6.07) is 5.02. The van der Waals surface area contributed by atoms with E-state index in [1.807, 2.05) is 6.92 Å². The molecule has 0 aliphatic carbocycles. The van der Waals surface area contributed by atoms with Crippen LogP contribution in [0.3, 0.4) is 0 Å². The summed E-state index contributed by atoms with van der Waals surface area (Å²) in [5.41, 5.74) is -0.358. The van der Waals surface area contributed by atoms with Crippen molar-refractivity contribution in [2.75, 3.05) is 39.9 Å². The highest BCUT2D eigenvalue weighted by Gasteiger charge is 2.30. The van der Waals surface area contributed by atoms with E-state index >= 15 is 0 Å². The van der Waals surface area contributed by atoms with Crippen molar-refractivity contribution in [3.8, 4) is 11.8 Å². The van der Waals surface area contributed by atoms with Crippen molar-refractivity contribution < 1.29 is 17.9 Å². The summed E-state index contributed by atoms with van der Waals surface area (Å²) >= 11 is 0. The second kappa shape index (κ2) is 9.48. The van der Waals surface area contributed by atoms with Gasteiger partial charge in [0, 0.05) is 38.2 Å². The smallest absolute Gasteiger partial charge is 0.384 e. The molecule has 0 bridgehead atoms. The average Bonchev–Trinajstić information content (AvgIpc) is 3.06. The van der Waals surface area contributed by atoms with Gasteiger partial charge in [0.15, 0.2) is 5.96 Å². The van der Waals surface area contributed by atoms with Crippen LogP contribution in [0.2, 0.25) is 0 Å². The van der Waals surface area contributed by atoms with Crippen LogP contribution in [0.25, 0.3) is 0 Å². The number of hydrogen-bond acceptors (Lipinski definition) is 2. The van der Waals surface area contributed by atoms with Crippen molar-refractivity contribution in [2.45, 2.75) is 19.5 Å². The number of alkyl halides is 3. The minimum Gasteiger partial charge on any atom is -0.384 e. The normalized spacial score (nSPS) is 17.8. The molecule has 0 aromatic heterocycles. The molecule has 4 nitrogen and oxygen atoms in total. The first-order chi connectivity index (χ1) is 12.4. The molecular formula is C19H24F3N3O. The Morgan fingerprint density at radius 2 is 2.23 bits per heavy atom. The van der Waals surface area contributed by atoms with Gasteiger partial charge in [-0.1, -0.05) is 17.9 Å². The van der Waals surface area contributed by atoms with E-state index in [-0.39, 0.29) is 6.54 Å². The molecule has 1 saturated heterocycles. The van der Waals surface area contributed by atoms with Crippen molar-refractivity contribution >= 4 is 5.96 Å². The van der Waals surface area contributed by atoms with Crippen molar-refractivity contribution in [1.29, 1.82) is 0 Å². The van der Waals surface area contributed by atoms with Crippen LogP contribution in [0.15, 0.2) is 29.3 Å². The van der Waals surface area contributed by atoms with Crippen molar-refractivity contribution in [2.24, 2.45) is 10.9 Å². The van der Waals surface area contributed by atoms with Gasteiger partial charge < -0.3 is 15.0 Å². The van der Waals surface area contributed by atoms with Gasteiger partial charge in [-0.3, -0.25) is 0 Å². The Balaban J connectivity index is 2.00. The second-order valence-electron chi connectivity index (χ2n) is 6.11. The third-order valence-electron chi connectivity index (χ3n) is 4.05. The highest BCUT2D eigenvalue weighted by Crippen LogP contribution is 2.29. The van der Waals surface area contributed by atoms with Crippen LogP contribution in [0.1, 0.15) is 24.5 Å². The summed E-state index contributed by atoms with van der Waals surface area (Å²) in [4.78, 5) is 6.64. The first-order valence-electron chi connectivity index (χ1n) is 8.62. The maximum Gasteiger partial charge on any atom is 0.416 e. The fourth-order valence-corrected chi connectivity index (χ4v) is 2.85. The number of aliphatic imine (C=N–C) groups is 1. The van der Waals surface area contributed by atoms with E-state index in [4.69, 9.17) is 4.74 Å². The number of hydrogen-bond donors (Lipinski definition) is 1. The lowest BCUT2D eigenvalue weighted by Gasteiger charge is -2.21. The van der Waals surface area contributed by atoms with Gasteiger partial charge in [0.1, 0.15) is 6.54 Å². The quantitative estimate of drug-likeness (QED) is 0.505. The standard InChI is InChI=1S/C19H24F3N3O/c1-3-23-18(25-11-9-16(13-25)14-26-2)24-10-5-7-15-6-4-8-17(12-15)19(20,21)22/h4,6,8,12,16H,3,9-11,13-14H2,1-2H3,(H,23,24). The number of nitrogens with zero attached hydrogens (tertiary/aromatic N) is 2. The molecule has 0 saturated carbocycles. The topological polar surface area (TPSA) is 36.9 Å². The Morgan fingerprint density at radius 1 is 1.42 bits per heavy atom. The molecule has 1 aromatic rings. The van der Waals surface area contributed by atoms with Crippen LogP contribution in [0.5, 0.6) is 0 Å². The molecule has 1 aliphatic rings. The maximum absolute atomic E-state index is 12.7. The Hall–Kier alpha value is -2.20. The molecule has 0 radical (unpaired) electrons. The van der Waals surface area contributed by atoms with E-state index in [1.54, 1.807) is 13.2 Å². The van der Waals surface area contributed by atoms with Crippen LogP contribution in [0.4, 0.5) is 13.2 Å². The molecule has 1 aliphatic heterocycles. The molecule has 1 fully saturated rings. The zero-order valence-corrected chi connectivity index (χ0v) is 15.1. The Bertz CT molecular complexity index is 677. The van der Waals surface area contributed by atoms with Crippen LogP contribution < -0.4 is 5.32 Å². The lowest BCUT2D eigenvalue weighted by atomic mass is 10.1. The fraction of sp³-hybridized carbons (Fsp3) is 0.526. The molecule has 0 spiro atoms. The van der Waals surface area contributed by atoms with Gasteiger partial charge in [-0.2, -0.15) is 13.2 Å². The van der Waals surface area contributed by atoms with Gasteiger partial charge in [-0.25, -0.2) is 4.99 Å². The van der Waals surface area contributed by atoms with E-state index in [0.717, 1.165) is 50.8 Å². The molecular weight excluding hydrogens is 343 g/mol. The summed E-state index contributed by atoms with van der Waals surface area (Å²) in [7, 11) is 1.70. The molecule has 1 N–H and O–H groups in total. The minimum absolute atomic E-state index is 0.226. The van der Waals surface area contributed by atoms with Crippen molar-refractivity contribution in [3.63, 3.8) is 0 Å². The predicted molar refractivity (Wildman–Crippen MR) is 95.9 cm³/mol. The molecule has 26 heavy (non-hydrogen) atoms. The Morgan fingerprint density at radius 3 is 2.92 bits per heavy atom. The number of methoxy groups -OCH3 is 1. The number of benzene rings is 1. The minimum atomic E-state index is -4.36. The highest BCUT2D eigenvalue weighted by atomic mass is 19.4. The van der Waals surface area contributed by atoms with E-state index in [0.29, 0.717) is 11.5 Å². The fourth-order valence-electron chi connectivity index (χ4n) is 2.85. The van der Waals surface area contributed by atoms with E-state index in [2.05, 4.69) is 27.0 Å². The molecule has 1 atom stereocenters. The summed E-state index contributed by atoms with van der Waals surface area (Å²) < 4.78 is 43.3. The molecule has 0 amide bonds. The Labute approximate surface area is 152 Å². The Kier molecular flexibility index (Phi) is 7.34. The molecule has 2 rings (SSSR count). The van der Waals surface area contributed by atoms with Crippen LogP contribution in [-0.4, -0.2) is 50.8 Å². The highest BCUT2D eigenvalue weighted by molar-refractivity contribution is 5.80. The third kappa shape index (κ3) is 5.95. The van der Waals surface area contributed by atoms with Gasteiger partial charge in [0.2, 0.25) is 0 Å². The van der Waals surface area contributed by atoms with Crippen molar-refractivity contribution in [3.05, 3.63) is 35.4 Å². The van der Waals surface area contributed by atoms with Gasteiger partial charge in [0.25, 0.3) is 0 Å². The largest absolute Gasteiger partial charge is 0.416 e. The van der Waals surface area contributed by atoms with Crippen LogP contribution in [0, 0.1) is 17.8 Å². The van der Waals surface area contributed by atoms with Gasteiger partial charge in [0.05, 0.1) is 12.2 Å². The lowest BCUT2D eigenvalue weighted by Crippen LogP contribution is -2.40. The zero-order valence-electron chi connectivity index (χ0n) is 15.1. The molecule has 7 heteroatoms. The molecule has 1 aromatic carbocycles. The van der Waals surface area contributed by atoms with Gasteiger partial charge >= 0.3 is 6.18 Å². The van der Waals surface area contributed by atoms with Gasteiger partial charge in [-0.15, -0.1) is 0 Å². The second-order valence-corrected chi connectivity index (χ2v) is 6.11. The molecule has 142 valence electrons. The van der Waals surface area contributed by atoms with Gasteiger partial charge in [-0.05, 0) is 31.5 Å². The summed E-state index contributed by atoms with van der Waals surface area (Å²) in [5, 5.41) is 3.23. The summed E-state index contributed by atoms with van der Waals surface area (Å²) in [5.74, 6) is 6.85. The predicted octanol–water partition coefficient (Wildman–Crippen LogP) is 2.99. The van der Waals surface area contributed by atoms with Crippen molar-refractivity contribution in [1.82, 2.24) is 10.2 Å². The number of rotatable bonds is 4. The number of likely N-dealkylation sites (tertiary alicyclic amines) is 1. The lowest BCUT2D eigenvalue weighted by molar-refractivity contribution is -0.137. The summed E-state index contributed by atoms with van der Waals surface area (Å²) in [6.45, 7) is 5.47. The number of halogens is 3.